The van der Waals surface area contributed by atoms with E-state index in [4.69, 9.17) is 9.84 Å². The third-order valence-electron chi connectivity index (χ3n) is 3.24. The van der Waals surface area contributed by atoms with Crippen molar-refractivity contribution in [2.24, 2.45) is 0 Å². The Kier molecular flexibility index (Phi) is 5.18. The van der Waals surface area contributed by atoms with Crippen molar-refractivity contribution in [1.29, 1.82) is 0 Å². The molecule has 1 aliphatic rings. The van der Waals surface area contributed by atoms with Gasteiger partial charge in [0.1, 0.15) is 5.54 Å². The largest absolute Gasteiger partial charge is 0.480 e. The van der Waals surface area contributed by atoms with E-state index in [0.29, 0.717) is 26.2 Å². The van der Waals surface area contributed by atoms with E-state index in [1.54, 1.807) is 6.92 Å². The first kappa shape index (κ1) is 13.4. The number of aliphatic hydroxyl groups is 1. The van der Waals surface area contributed by atoms with Crippen LogP contribution < -0.4 is 0 Å². The lowest BCUT2D eigenvalue weighted by molar-refractivity contribution is -0.153. The highest BCUT2D eigenvalue weighted by atomic mass is 16.5. The van der Waals surface area contributed by atoms with Crippen molar-refractivity contribution in [2.45, 2.75) is 31.7 Å². The van der Waals surface area contributed by atoms with Gasteiger partial charge in [-0.1, -0.05) is 0 Å². The minimum atomic E-state index is -0.755. The summed E-state index contributed by atoms with van der Waals surface area (Å²) in [4.78, 5) is 13.2. The molecule has 1 fully saturated rings. The summed E-state index contributed by atoms with van der Waals surface area (Å²) in [5.41, 5.74) is -0.749. The summed E-state index contributed by atoms with van der Waals surface area (Å²) in [7, 11) is 0. The number of aliphatic carboxylic acids is 1. The molecule has 1 atom stereocenters. The molecule has 0 spiro atoms. The average Bonchev–Trinajstić information content (AvgIpc) is 2.26. The lowest BCUT2D eigenvalue weighted by Crippen LogP contribution is -2.56. The number of carbonyl (C=O) groups is 1. The molecule has 1 saturated heterocycles. The van der Waals surface area contributed by atoms with Crippen LogP contribution in [-0.4, -0.2) is 59.5 Å². The molecule has 16 heavy (non-hydrogen) atoms. The second-order valence-electron chi connectivity index (χ2n) is 4.36. The summed E-state index contributed by atoms with van der Waals surface area (Å²) in [5, 5.41) is 17.8. The maximum Gasteiger partial charge on any atom is 0.323 e. The first-order valence-electron chi connectivity index (χ1n) is 5.78. The minimum absolute atomic E-state index is 0.0101. The van der Waals surface area contributed by atoms with E-state index in [-0.39, 0.29) is 6.61 Å². The Labute approximate surface area is 96.0 Å². The number of piperidine rings is 1. The molecule has 0 bridgehead atoms. The molecule has 2 N–H and O–H groups in total. The second-order valence-corrected chi connectivity index (χ2v) is 4.36. The van der Waals surface area contributed by atoms with E-state index in [1.165, 1.54) is 0 Å². The van der Waals surface area contributed by atoms with Gasteiger partial charge >= 0.3 is 5.97 Å². The summed E-state index contributed by atoms with van der Waals surface area (Å²) < 4.78 is 5.17. The van der Waals surface area contributed by atoms with E-state index in [1.807, 2.05) is 4.90 Å². The van der Waals surface area contributed by atoms with Gasteiger partial charge in [-0.25, -0.2) is 0 Å². The SMILES string of the molecule is CC1(C(=O)O)CCCCN1CCOCCO. The second kappa shape index (κ2) is 6.18. The summed E-state index contributed by atoms with van der Waals surface area (Å²) >= 11 is 0. The van der Waals surface area contributed by atoms with Crippen LogP contribution in [0.3, 0.4) is 0 Å². The van der Waals surface area contributed by atoms with Crippen LogP contribution in [0.15, 0.2) is 0 Å². The summed E-state index contributed by atoms with van der Waals surface area (Å²) in [6, 6.07) is 0. The van der Waals surface area contributed by atoms with Gasteiger partial charge in [0.2, 0.25) is 0 Å². The van der Waals surface area contributed by atoms with Gasteiger partial charge in [-0.15, -0.1) is 0 Å². The molecule has 0 aliphatic carbocycles. The van der Waals surface area contributed by atoms with Gasteiger partial charge in [-0.05, 0) is 32.7 Å². The highest BCUT2D eigenvalue weighted by Crippen LogP contribution is 2.27. The normalized spacial score (nSPS) is 26.9. The molecule has 1 unspecified atom stereocenters. The Morgan fingerprint density at radius 2 is 2.19 bits per heavy atom. The zero-order valence-electron chi connectivity index (χ0n) is 9.81. The number of rotatable bonds is 6. The molecular formula is C11H21NO4. The topological polar surface area (TPSA) is 70.0 Å². The van der Waals surface area contributed by atoms with E-state index < -0.39 is 11.5 Å². The quantitative estimate of drug-likeness (QED) is 0.644. The number of ether oxygens (including phenoxy) is 1. The van der Waals surface area contributed by atoms with Gasteiger partial charge < -0.3 is 14.9 Å². The number of likely N-dealkylation sites (tertiary alicyclic amines) is 1. The van der Waals surface area contributed by atoms with Crippen LogP contribution in [0.1, 0.15) is 26.2 Å². The molecule has 0 aromatic rings. The first-order chi connectivity index (χ1) is 7.61. The van der Waals surface area contributed by atoms with Gasteiger partial charge in [0, 0.05) is 6.54 Å². The molecule has 94 valence electrons. The molecule has 0 aromatic heterocycles. The fourth-order valence-electron chi connectivity index (χ4n) is 2.12. The smallest absolute Gasteiger partial charge is 0.323 e. The van der Waals surface area contributed by atoms with Gasteiger partial charge in [-0.2, -0.15) is 0 Å². The van der Waals surface area contributed by atoms with Gasteiger partial charge in [0.05, 0.1) is 19.8 Å². The zero-order chi connectivity index (χ0) is 12.0. The molecule has 0 saturated carbocycles. The van der Waals surface area contributed by atoms with Crippen LogP contribution in [0.25, 0.3) is 0 Å². The van der Waals surface area contributed by atoms with Crippen molar-refractivity contribution in [2.75, 3.05) is 32.9 Å². The van der Waals surface area contributed by atoms with Crippen molar-refractivity contribution in [1.82, 2.24) is 4.90 Å². The van der Waals surface area contributed by atoms with Crippen LogP contribution in [0.4, 0.5) is 0 Å². The summed E-state index contributed by atoms with van der Waals surface area (Å²) in [6.45, 7) is 4.01. The lowest BCUT2D eigenvalue weighted by Gasteiger charge is -2.41. The van der Waals surface area contributed by atoms with E-state index in [0.717, 1.165) is 19.4 Å². The Balaban J connectivity index is 2.44. The summed E-state index contributed by atoms with van der Waals surface area (Å²) in [5.74, 6) is -0.755. The Morgan fingerprint density at radius 3 is 2.81 bits per heavy atom. The maximum atomic E-state index is 11.3. The highest BCUT2D eigenvalue weighted by molar-refractivity contribution is 5.78. The Hall–Kier alpha value is -0.650. The van der Waals surface area contributed by atoms with Crippen LogP contribution in [0.2, 0.25) is 0 Å². The number of carboxylic acid groups (broad SMARTS) is 1. The first-order valence-corrected chi connectivity index (χ1v) is 5.78. The Morgan fingerprint density at radius 1 is 1.44 bits per heavy atom. The number of nitrogens with zero attached hydrogens (tertiary/aromatic N) is 1. The molecular weight excluding hydrogens is 210 g/mol. The molecule has 0 radical (unpaired) electrons. The van der Waals surface area contributed by atoms with E-state index >= 15 is 0 Å². The van der Waals surface area contributed by atoms with Crippen molar-refractivity contribution in [3.05, 3.63) is 0 Å². The monoisotopic (exact) mass is 231 g/mol. The fraction of sp³-hybridized carbons (Fsp3) is 0.909. The van der Waals surface area contributed by atoms with Crippen LogP contribution in [0.5, 0.6) is 0 Å². The Bertz CT molecular complexity index is 234. The van der Waals surface area contributed by atoms with Crippen molar-refractivity contribution >= 4 is 5.97 Å². The molecule has 1 heterocycles. The summed E-state index contributed by atoms with van der Waals surface area (Å²) in [6.07, 6.45) is 2.71. The number of hydrogen-bond donors (Lipinski definition) is 2. The van der Waals surface area contributed by atoms with E-state index in [9.17, 15) is 9.90 Å². The van der Waals surface area contributed by atoms with Crippen molar-refractivity contribution in [3.63, 3.8) is 0 Å². The zero-order valence-corrected chi connectivity index (χ0v) is 9.81. The van der Waals surface area contributed by atoms with Gasteiger partial charge in [-0.3, -0.25) is 9.69 Å². The van der Waals surface area contributed by atoms with Gasteiger partial charge in [0.25, 0.3) is 0 Å². The predicted octanol–water partition coefficient (Wildman–Crippen LogP) is 0.324. The standard InChI is InChI=1S/C11H21NO4/c1-11(10(14)15)4-2-3-5-12(11)6-8-16-9-7-13/h13H,2-9H2,1H3,(H,14,15). The molecule has 0 aromatic carbocycles. The van der Waals surface area contributed by atoms with Crippen LogP contribution in [-0.2, 0) is 9.53 Å². The number of carboxylic acids is 1. The number of hydrogen-bond acceptors (Lipinski definition) is 4. The third kappa shape index (κ3) is 3.17. The molecule has 5 nitrogen and oxygen atoms in total. The van der Waals surface area contributed by atoms with Crippen LogP contribution >= 0.6 is 0 Å². The molecule has 1 aliphatic heterocycles. The predicted molar refractivity (Wildman–Crippen MR) is 59.4 cm³/mol. The number of aliphatic hydroxyl groups excluding tert-OH is 1. The van der Waals surface area contributed by atoms with Crippen LogP contribution in [0, 0.1) is 0 Å². The molecule has 1 rings (SSSR count). The van der Waals surface area contributed by atoms with Crippen molar-refractivity contribution < 1.29 is 19.7 Å². The highest BCUT2D eigenvalue weighted by Gasteiger charge is 2.40. The molecule has 5 heteroatoms. The average molecular weight is 231 g/mol. The maximum absolute atomic E-state index is 11.3. The van der Waals surface area contributed by atoms with Gasteiger partial charge in [0.15, 0.2) is 0 Å². The molecule has 0 amide bonds. The van der Waals surface area contributed by atoms with Crippen molar-refractivity contribution in [3.8, 4) is 0 Å². The fourth-order valence-corrected chi connectivity index (χ4v) is 2.12. The third-order valence-corrected chi connectivity index (χ3v) is 3.24. The minimum Gasteiger partial charge on any atom is -0.480 e. The van der Waals surface area contributed by atoms with E-state index in [2.05, 4.69) is 0 Å². The lowest BCUT2D eigenvalue weighted by atomic mass is 9.88.